The van der Waals surface area contributed by atoms with Gasteiger partial charge in [-0.25, -0.2) is 0 Å². The molecule has 0 saturated carbocycles. The van der Waals surface area contributed by atoms with Gasteiger partial charge < -0.3 is 0 Å². The third-order valence-electron chi connectivity index (χ3n) is 3.12. The molecule has 0 unspecified atom stereocenters. The average Bonchev–Trinajstić information content (AvgIpc) is 2.82. The maximum Gasteiger partial charge on any atom is 0.165 e. The van der Waals surface area contributed by atoms with E-state index in [0.717, 1.165) is 19.3 Å². The van der Waals surface area contributed by atoms with Gasteiger partial charge in [-0.1, -0.05) is 12.1 Å². The Kier molecular flexibility index (Phi) is 3.21. The van der Waals surface area contributed by atoms with Crippen LogP contribution in [0.5, 0.6) is 0 Å². The Morgan fingerprint density at radius 1 is 1.24 bits per heavy atom. The first-order valence-corrected chi connectivity index (χ1v) is 5.69. The zero-order valence-electron chi connectivity index (χ0n) is 9.44. The van der Waals surface area contributed by atoms with Crippen LogP contribution >= 0.6 is 0 Å². The van der Waals surface area contributed by atoms with E-state index in [1.165, 1.54) is 11.1 Å². The van der Waals surface area contributed by atoms with Crippen molar-refractivity contribution in [2.75, 3.05) is 0 Å². The summed E-state index contributed by atoms with van der Waals surface area (Å²) in [5.41, 5.74) is 3.18. The summed E-state index contributed by atoms with van der Waals surface area (Å²) in [5.74, 6) is -0.955. The molecule has 1 aromatic carbocycles. The van der Waals surface area contributed by atoms with Gasteiger partial charge in [0, 0.05) is 12.0 Å². The molecule has 84 valence electrons. The van der Waals surface area contributed by atoms with Gasteiger partial charge in [0.15, 0.2) is 5.78 Å². The molecule has 0 aliphatic heterocycles. The lowest BCUT2D eigenvalue weighted by atomic mass is 9.98. The Hall–Kier alpha value is -2.13. The summed E-state index contributed by atoms with van der Waals surface area (Å²) in [6.45, 7) is 0. The minimum Gasteiger partial charge on any atom is -0.294 e. The lowest BCUT2D eigenvalue weighted by Crippen LogP contribution is -2.06. The summed E-state index contributed by atoms with van der Waals surface area (Å²) in [6.07, 6.45) is 3.25. The second-order valence-corrected chi connectivity index (χ2v) is 4.28. The lowest BCUT2D eigenvalue weighted by Gasteiger charge is -2.04. The van der Waals surface area contributed by atoms with Crippen molar-refractivity contribution in [1.82, 2.24) is 0 Å². The van der Waals surface area contributed by atoms with Crippen molar-refractivity contribution in [3.63, 3.8) is 0 Å². The number of fused-ring (bicyclic) bond motifs is 1. The topological polar surface area (TPSA) is 64.7 Å². The molecular weight excluding hydrogens is 212 g/mol. The molecule has 0 heterocycles. The number of rotatable bonds is 3. The first kappa shape index (κ1) is 11.4. The number of carbonyl (C=O) groups is 1. The van der Waals surface area contributed by atoms with Gasteiger partial charge in [-0.15, -0.1) is 0 Å². The van der Waals surface area contributed by atoms with Crippen LogP contribution in [0.1, 0.15) is 34.3 Å². The summed E-state index contributed by atoms with van der Waals surface area (Å²) < 4.78 is 0. The predicted molar refractivity (Wildman–Crippen MR) is 62.1 cm³/mol. The number of nitriles is 2. The minimum atomic E-state index is -0.837. The van der Waals surface area contributed by atoms with Gasteiger partial charge >= 0.3 is 0 Å². The number of carbonyl (C=O) groups excluding carboxylic acids is 1. The number of hydrogen-bond donors (Lipinski definition) is 0. The zero-order chi connectivity index (χ0) is 12.3. The van der Waals surface area contributed by atoms with E-state index in [4.69, 9.17) is 10.5 Å². The van der Waals surface area contributed by atoms with E-state index in [1.807, 2.05) is 24.3 Å². The Bertz CT molecular complexity index is 520. The molecule has 3 nitrogen and oxygen atoms in total. The second kappa shape index (κ2) is 4.80. The molecule has 0 radical (unpaired) electrons. The molecule has 0 bridgehead atoms. The number of Topliss-reactive ketones (excluding diaryl/α,β-unsaturated/α-hetero) is 1. The van der Waals surface area contributed by atoms with Gasteiger partial charge in [-0.05, 0) is 36.5 Å². The third-order valence-corrected chi connectivity index (χ3v) is 3.12. The van der Waals surface area contributed by atoms with E-state index >= 15 is 0 Å². The normalized spacial score (nSPS) is 12.9. The van der Waals surface area contributed by atoms with Crippen molar-refractivity contribution in [2.45, 2.75) is 25.7 Å². The van der Waals surface area contributed by atoms with Gasteiger partial charge in [0.1, 0.15) is 5.92 Å². The third kappa shape index (κ3) is 2.34. The second-order valence-electron chi connectivity index (χ2n) is 4.28. The molecule has 1 aromatic rings. The van der Waals surface area contributed by atoms with Crippen LogP contribution in [0.4, 0.5) is 0 Å². The van der Waals surface area contributed by atoms with Crippen molar-refractivity contribution in [3.8, 4) is 12.1 Å². The van der Waals surface area contributed by atoms with E-state index in [9.17, 15) is 4.79 Å². The quantitative estimate of drug-likeness (QED) is 0.740. The summed E-state index contributed by atoms with van der Waals surface area (Å²) in [5, 5.41) is 17.3. The van der Waals surface area contributed by atoms with Crippen LogP contribution in [0.3, 0.4) is 0 Å². The average molecular weight is 224 g/mol. The molecule has 1 aliphatic carbocycles. The van der Waals surface area contributed by atoms with E-state index in [-0.39, 0.29) is 12.2 Å². The largest absolute Gasteiger partial charge is 0.294 e. The van der Waals surface area contributed by atoms with Crippen LogP contribution in [-0.2, 0) is 12.8 Å². The Morgan fingerprint density at radius 2 is 1.94 bits per heavy atom. The van der Waals surface area contributed by atoms with Gasteiger partial charge in [0.2, 0.25) is 0 Å². The summed E-state index contributed by atoms with van der Waals surface area (Å²) in [4.78, 5) is 11.9. The predicted octanol–water partition coefficient (Wildman–Crippen LogP) is 2.41. The Balaban J connectivity index is 2.16. The van der Waals surface area contributed by atoms with Crippen molar-refractivity contribution in [2.24, 2.45) is 5.92 Å². The van der Waals surface area contributed by atoms with Crippen LogP contribution in [-0.4, -0.2) is 5.78 Å². The molecule has 0 atom stereocenters. The lowest BCUT2D eigenvalue weighted by molar-refractivity contribution is 0.0976. The van der Waals surface area contributed by atoms with E-state index < -0.39 is 5.92 Å². The molecule has 0 fully saturated rings. The fraction of sp³-hybridized carbons (Fsp3) is 0.357. The van der Waals surface area contributed by atoms with Crippen molar-refractivity contribution in [3.05, 3.63) is 34.9 Å². The molecule has 17 heavy (non-hydrogen) atoms. The zero-order valence-corrected chi connectivity index (χ0v) is 9.44. The van der Waals surface area contributed by atoms with E-state index in [0.29, 0.717) is 5.56 Å². The fourth-order valence-electron chi connectivity index (χ4n) is 2.17. The maximum absolute atomic E-state index is 11.9. The molecule has 1 aliphatic rings. The van der Waals surface area contributed by atoms with E-state index in [2.05, 4.69) is 0 Å². The summed E-state index contributed by atoms with van der Waals surface area (Å²) >= 11 is 0. The molecular formula is C14H12N2O. The van der Waals surface area contributed by atoms with Crippen molar-refractivity contribution in [1.29, 1.82) is 10.5 Å². The molecule has 0 N–H and O–H groups in total. The summed E-state index contributed by atoms with van der Waals surface area (Å²) in [6, 6.07) is 9.35. The fourth-order valence-corrected chi connectivity index (χ4v) is 2.17. The molecule has 3 heteroatoms. The number of aryl methyl sites for hydroxylation is 2. The maximum atomic E-state index is 11.9. The van der Waals surface area contributed by atoms with Gasteiger partial charge in [-0.2, -0.15) is 10.5 Å². The molecule has 0 saturated heterocycles. The highest BCUT2D eigenvalue weighted by Gasteiger charge is 2.17. The van der Waals surface area contributed by atoms with Crippen LogP contribution < -0.4 is 0 Å². The highest BCUT2D eigenvalue weighted by atomic mass is 16.1. The Morgan fingerprint density at radius 3 is 2.65 bits per heavy atom. The van der Waals surface area contributed by atoms with Crippen LogP contribution in [0.25, 0.3) is 0 Å². The van der Waals surface area contributed by atoms with Crippen molar-refractivity contribution >= 4 is 5.78 Å². The van der Waals surface area contributed by atoms with Crippen LogP contribution in [0.15, 0.2) is 18.2 Å². The van der Waals surface area contributed by atoms with Gasteiger partial charge in [0.25, 0.3) is 0 Å². The van der Waals surface area contributed by atoms with Crippen molar-refractivity contribution < 1.29 is 4.79 Å². The number of benzene rings is 1. The monoisotopic (exact) mass is 224 g/mol. The first-order valence-electron chi connectivity index (χ1n) is 5.69. The highest BCUT2D eigenvalue weighted by molar-refractivity contribution is 5.96. The van der Waals surface area contributed by atoms with E-state index in [1.54, 1.807) is 6.07 Å². The number of nitrogens with zero attached hydrogens (tertiary/aromatic N) is 2. The molecule has 0 spiro atoms. The van der Waals surface area contributed by atoms with Crippen LogP contribution in [0, 0.1) is 28.6 Å². The van der Waals surface area contributed by atoms with Gasteiger partial charge in [-0.3, -0.25) is 4.79 Å². The first-order chi connectivity index (χ1) is 8.24. The molecule has 0 amide bonds. The number of ketones is 1. The number of hydrogen-bond acceptors (Lipinski definition) is 3. The Labute approximate surface area is 100 Å². The summed E-state index contributed by atoms with van der Waals surface area (Å²) in [7, 11) is 0. The van der Waals surface area contributed by atoms with Crippen LogP contribution in [0.2, 0.25) is 0 Å². The van der Waals surface area contributed by atoms with Gasteiger partial charge in [0.05, 0.1) is 12.1 Å². The SMILES string of the molecule is N#CC(C#N)CC(=O)c1ccc2c(c1)CCC2. The highest BCUT2D eigenvalue weighted by Crippen LogP contribution is 2.23. The minimum absolute atomic E-state index is 0.00815. The standard InChI is InChI=1S/C14H12N2O/c15-8-10(9-16)6-14(17)13-5-4-11-2-1-3-12(11)7-13/h4-5,7,10H,1-3,6H2. The smallest absolute Gasteiger partial charge is 0.165 e. The molecule has 2 rings (SSSR count). The molecule has 0 aromatic heterocycles.